The Morgan fingerprint density at radius 2 is 1.13 bits per heavy atom. The number of carboxylic acid groups (broad SMARTS) is 1. The molecule has 7 saturated heterocycles. The first-order valence-corrected chi connectivity index (χ1v) is 43.1. The van der Waals surface area contributed by atoms with Crippen LogP contribution in [0.25, 0.3) is 0 Å². The molecule has 7 aliphatic heterocycles. The molecule has 0 aromatic carbocycles. The van der Waals surface area contributed by atoms with Crippen LogP contribution in [0, 0.1) is 50.2 Å². The summed E-state index contributed by atoms with van der Waals surface area (Å²) in [6.45, 7) is 11.4. The zero-order valence-electron chi connectivity index (χ0n) is 69.6. The molecule has 20 N–H and O–H groups in total. The number of nitrogens with one attached hydrogen (secondary N) is 1. The van der Waals surface area contributed by atoms with Gasteiger partial charge in [0.2, 0.25) is 12.2 Å². The van der Waals surface area contributed by atoms with E-state index in [0.29, 0.717) is 44.9 Å². The fourth-order valence-corrected chi connectivity index (χ4v) is 22.3. The van der Waals surface area contributed by atoms with Crippen LogP contribution < -0.4 is 5.32 Å². The van der Waals surface area contributed by atoms with Gasteiger partial charge in [0.15, 0.2) is 49.9 Å². The van der Waals surface area contributed by atoms with Crippen molar-refractivity contribution >= 4 is 24.1 Å². The molecule has 41 atom stereocenters. The number of hydrogen-bond acceptors (Lipinski definition) is 36. The Morgan fingerprint density at radius 3 is 1.77 bits per heavy atom. The number of allylic oxidation sites excluding steroid dienone is 2. The topological polar surface area (TPSA) is 594 Å². The minimum Gasteiger partial charge on any atom is -0.479 e. The quantitative estimate of drug-likeness (QED) is 0.0109. The van der Waals surface area contributed by atoms with E-state index in [9.17, 15) is 111 Å². The van der Waals surface area contributed by atoms with Crippen molar-refractivity contribution in [2.75, 3.05) is 39.6 Å². The number of aliphatic carboxylic acids is 1. The Balaban J connectivity index is 0.799. The second kappa shape index (κ2) is 38.5. The van der Waals surface area contributed by atoms with E-state index in [1.54, 1.807) is 6.92 Å². The fraction of sp³-hybridized carbons (Fsp3) is 0.927. The number of amides is 1. The molecule has 38 nitrogen and oxygen atoms in total. The molecule has 7 heterocycles. The van der Waals surface area contributed by atoms with Gasteiger partial charge in [-0.1, -0.05) is 118 Å². The molecule has 1 amide bonds. The van der Waals surface area contributed by atoms with E-state index in [2.05, 4.69) is 52.9 Å². The molecule has 3 unspecified atom stereocenters. The molecule has 4 saturated carbocycles. The number of aliphatic hydroxyl groups excluding tert-OH is 17. The number of rotatable bonds is 31. The molecule has 0 radical (unpaired) electrons. The first-order chi connectivity index (χ1) is 56.7. The standard InChI is InChI=1S/C82H133NO37/c1-9-10-11-12-13-14-15-16-17-18-19-48(91)83-49-42(30-84)111-72(64(52(49)94)118-70-57(99)54(96)60(37(2)110-70)114-69-59(101)61(41(89)33-108-69)115-74-66(102)81(106,35-87)36-109-74)120-75(105)82-27-26-76(3,4)28-39(82)38-20-21-45-77(5)24-23-47(78(6,34-86)44(77)22-25-79(45,7)80(38,8)29-46(82)90)113-73-65(119-71-56(98)53(95)51(93)43(31-85)112-71)62(58(100)63(117-73)67(103)104)116-68-55(97)50(92)40(88)32-107-68/h20,34,37,39-47,49-66,68-74,84-85,87-90,92-102,106H,9-19,21-33,35-36H2,1-8H3,(H,83,91)(H,103,104)/t37-,39?,40+,41+,42+,43+,44?,45?,46+,47-,49-,50-,51-,52-,53-,54-,55+,56+,57+,58-,59+,60-,61-,62-,63-,64+,65+,66-,68-,69+,70-,71+,72-,73+,74+,77-,78-,79+,80+,81+,82+/m0/s1. The molecule has 0 aromatic heterocycles. The van der Waals surface area contributed by atoms with Crippen molar-refractivity contribution in [1.82, 2.24) is 5.32 Å². The summed E-state index contributed by atoms with van der Waals surface area (Å²) in [5.74, 6) is -4.74. The van der Waals surface area contributed by atoms with Gasteiger partial charge in [-0.25, -0.2) is 4.79 Å². The first kappa shape index (κ1) is 95.7. The van der Waals surface area contributed by atoms with Gasteiger partial charge in [0.05, 0.1) is 69.4 Å². The third kappa shape index (κ3) is 18.1. The lowest BCUT2D eigenvalue weighted by Gasteiger charge is -2.71. The molecular formula is C82H133NO37. The summed E-state index contributed by atoms with van der Waals surface area (Å²) in [6, 6.07) is -1.46. The number of carbonyl (C=O) groups is 4. The molecule has 0 bridgehead atoms. The van der Waals surface area contributed by atoms with Gasteiger partial charge in [0, 0.05) is 6.42 Å². The summed E-state index contributed by atoms with van der Waals surface area (Å²) in [5.41, 5.74) is -7.25. The summed E-state index contributed by atoms with van der Waals surface area (Å²) >= 11 is 0. The lowest BCUT2D eigenvalue weighted by Crippen LogP contribution is -2.70. The zero-order chi connectivity index (χ0) is 87.4. The fourth-order valence-electron chi connectivity index (χ4n) is 22.3. The molecular weight excluding hydrogens is 1590 g/mol. The Kier molecular flexibility index (Phi) is 30.7. The summed E-state index contributed by atoms with van der Waals surface area (Å²) in [6.07, 6.45) is -41.1. The van der Waals surface area contributed by atoms with E-state index < -0.39 is 304 Å². The van der Waals surface area contributed by atoms with Crippen molar-refractivity contribution in [3.8, 4) is 0 Å². The lowest BCUT2D eigenvalue weighted by atomic mass is 9.33. The molecule has 0 spiro atoms. The van der Waals surface area contributed by atoms with Crippen molar-refractivity contribution in [2.24, 2.45) is 50.2 Å². The average Bonchev–Trinajstić information content (AvgIpc) is 0.731. The number of aliphatic hydroxyl groups is 18. The first-order valence-electron chi connectivity index (χ1n) is 43.1. The van der Waals surface area contributed by atoms with Gasteiger partial charge in [-0.15, -0.1) is 0 Å². The van der Waals surface area contributed by atoms with E-state index in [1.165, 1.54) is 19.8 Å². The van der Waals surface area contributed by atoms with Crippen LogP contribution >= 0.6 is 0 Å². The molecule has 688 valence electrons. The normalized spacial score (nSPS) is 49.5. The number of aldehydes is 1. The molecule has 0 aromatic rings. The van der Waals surface area contributed by atoms with Gasteiger partial charge in [-0.2, -0.15) is 0 Å². The monoisotopic (exact) mass is 1720 g/mol. The molecule has 120 heavy (non-hydrogen) atoms. The summed E-state index contributed by atoms with van der Waals surface area (Å²) < 4.78 is 84.9. The molecule has 38 heteroatoms. The van der Waals surface area contributed by atoms with Crippen molar-refractivity contribution in [1.29, 1.82) is 0 Å². The number of carbonyl (C=O) groups excluding carboxylic acids is 3. The van der Waals surface area contributed by atoms with E-state index in [0.717, 1.165) is 56.8 Å². The summed E-state index contributed by atoms with van der Waals surface area (Å²) in [4.78, 5) is 57.6. The molecule has 12 aliphatic rings. The van der Waals surface area contributed by atoms with Crippen molar-refractivity contribution in [3.63, 3.8) is 0 Å². The largest absolute Gasteiger partial charge is 0.479 e. The predicted octanol–water partition coefficient (Wildman–Crippen LogP) is -2.94. The van der Waals surface area contributed by atoms with E-state index in [4.69, 9.17) is 66.3 Å². The van der Waals surface area contributed by atoms with Crippen LogP contribution in [0.5, 0.6) is 0 Å². The highest BCUT2D eigenvalue weighted by atomic mass is 16.8. The number of ether oxygens (including phenoxy) is 14. The maximum Gasteiger partial charge on any atom is 0.335 e. The van der Waals surface area contributed by atoms with Crippen molar-refractivity contribution in [3.05, 3.63) is 11.6 Å². The van der Waals surface area contributed by atoms with Crippen LogP contribution in [0.2, 0.25) is 0 Å². The van der Waals surface area contributed by atoms with Gasteiger partial charge in [-0.05, 0) is 111 Å². The minimum atomic E-state index is -2.24. The Labute approximate surface area is 696 Å². The Morgan fingerprint density at radius 1 is 0.542 bits per heavy atom. The highest BCUT2D eigenvalue weighted by Gasteiger charge is 2.73. The van der Waals surface area contributed by atoms with Crippen LogP contribution in [-0.4, -0.2) is 363 Å². The molecule has 12 rings (SSSR count). The number of esters is 1. The highest BCUT2D eigenvalue weighted by Crippen LogP contribution is 2.76. The smallest absolute Gasteiger partial charge is 0.335 e. The van der Waals surface area contributed by atoms with Gasteiger partial charge in [0.1, 0.15) is 133 Å². The maximum absolute atomic E-state index is 16.2. The van der Waals surface area contributed by atoms with Gasteiger partial charge in [-0.3, -0.25) is 9.59 Å². The number of carboxylic acids is 1. The minimum absolute atomic E-state index is 0.00171. The van der Waals surface area contributed by atoms with Crippen LogP contribution in [0.3, 0.4) is 0 Å². The lowest BCUT2D eigenvalue weighted by molar-refractivity contribution is -0.391. The second-order valence-corrected chi connectivity index (χ2v) is 37.8. The predicted molar refractivity (Wildman–Crippen MR) is 406 cm³/mol. The number of fused-ring (bicyclic) bond motifs is 7. The Bertz CT molecular complexity index is 3460. The second-order valence-electron chi connectivity index (χ2n) is 37.8. The highest BCUT2D eigenvalue weighted by molar-refractivity contribution is 5.80. The van der Waals surface area contributed by atoms with Crippen LogP contribution in [0.1, 0.15) is 184 Å². The summed E-state index contributed by atoms with van der Waals surface area (Å²) in [5, 5.41) is 215. The van der Waals surface area contributed by atoms with Crippen molar-refractivity contribution in [2.45, 2.75) is 386 Å². The SMILES string of the molecule is CCCCCCCCCCCCC(=O)N[C@@H]1[C@H](O)[C@@H](O[C@@H]2O[C@@H](C)[C@H](O[C@H]3OC[C@@H](O)[C@H](O[C@H]4OC[C@](O)(CO)[C@H]4O)[C@H]3O)[C@@H](O)[C@H]2O)[C@H](OC(=O)[C@]23CCC(C)(C)CC2C2=CCC4[C@@]5(C)CC[C@H](O[C@@H]6O[C@H](C(=O)O)[C@@H](O)[C@H](O[C@@H]7OC[C@@H](O)[C@H](O)[C@H]7O)[C@H]6O[C@H]6O[C@H](CO)[C@H](O)[C@H](O)[C@H]6O)[C@@](C)(C=O)C5CC[C@@]4(C)[C@]2(C)C[C@H]3O)O[C@@H]1CO. The van der Waals surface area contributed by atoms with Gasteiger partial charge < -0.3 is 173 Å². The molecule has 11 fully saturated rings. The van der Waals surface area contributed by atoms with Gasteiger partial charge >= 0.3 is 11.9 Å². The van der Waals surface area contributed by atoms with E-state index >= 15 is 4.79 Å². The third-order valence-electron chi connectivity index (χ3n) is 29.7. The maximum atomic E-state index is 16.2. The third-order valence-corrected chi connectivity index (χ3v) is 29.7. The zero-order valence-corrected chi connectivity index (χ0v) is 69.6. The van der Waals surface area contributed by atoms with Crippen LogP contribution in [0.15, 0.2) is 11.6 Å². The molecule has 5 aliphatic carbocycles. The van der Waals surface area contributed by atoms with Crippen LogP contribution in [0.4, 0.5) is 0 Å². The van der Waals surface area contributed by atoms with E-state index in [1.807, 2.05) is 0 Å². The van der Waals surface area contributed by atoms with Crippen molar-refractivity contribution < 1.29 is 183 Å². The van der Waals surface area contributed by atoms with E-state index in [-0.39, 0.29) is 31.6 Å². The van der Waals surface area contributed by atoms with Crippen LogP contribution in [-0.2, 0) is 85.5 Å². The van der Waals surface area contributed by atoms with Gasteiger partial charge in [0.25, 0.3) is 0 Å². The average molecular weight is 1720 g/mol. The number of hydrogen-bond donors (Lipinski definition) is 20. The summed E-state index contributed by atoms with van der Waals surface area (Å²) in [7, 11) is 0. The Hall–Kier alpha value is -3.42. The number of unbranched alkanes of at least 4 members (excludes halogenated alkanes) is 9.